The maximum absolute atomic E-state index is 12.2. The van der Waals surface area contributed by atoms with E-state index in [0.29, 0.717) is 12.1 Å². The number of nitrogens with one attached hydrogen (secondary N) is 2. The van der Waals surface area contributed by atoms with Gasteiger partial charge in [0.15, 0.2) is 6.61 Å². The van der Waals surface area contributed by atoms with Crippen molar-refractivity contribution in [2.75, 3.05) is 11.9 Å². The first kappa shape index (κ1) is 20.6. The monoisotopic (exact) mass is 390 g/mol. The molecule has 0 saturated heterocycles. The van der Waals surface area contributed by atoms with Gasteiger partial charge in [0.25, 0.3) is 5.91 Å². The molecule has 2 N–H and O–H groups in total. The Labute approximate surface area is 158 Å². The summed E-state index contributed by atoms with van der Waals surface area (Å²) in [6, 6.07) is 13.9. The van der Waals surface area contributed by atoms with Crippen LogP contribution in [0, 0.1) is 0 Å². The average Bonchev–Trinajstić information content (AvgIpc) is 2.66. The third-order valence-electron chi connectivity index (χ3n) is 3.76. The van der Waals surface area contributed by atoms with Crippen LogP contribution in [0.2, 0.25) is 0 Å². The number of hydrogen-bond donors (Lipinski definition) is 2. The highest BCUT2D eigenvalue weighted by Crippen LogP contribution is 2.13. The van der Waals surface area contributed by atoms with Crippen LogP contribution in [0.3, 0.4) is 0 Å². The molecule has 2 aromatic carbocycles. The molecule has 0 saturated carbocycles. The fourth-order valence-electron chi connectivity index (χ4n) is 2.12. The van der Waals surface area contributed by atoms with E-state index in [1.54, 1.807) is 31.2 Å². The summed E-state index contributed by atoms with van der Waals surface area (Å²) in [5.41, 5.74) is 0.756. The van der Waals surface area contributed by atoms with Crippen molar-refractivity contribution in [3.8, 4) is 0 Å². The molecule has 1 amide bonds. The second-order valence-corrected chi connectivity index (χ2v) is 7.66. The molecule has 0 aliphatic carbocycles. The van der Waals surface area contributed by atoms with Crippen LogP contribution in [0.15, 0.2) is 59.5 Å². The van der Waals surface area contributed by atoms with Gasteiger partial charge in [0.1, 0.15) is 0 Å². The second kappa shape index (κ2) is 9.29. The number of hydrogen-bond acceptors (Lipinski definition) is 5. The van der Waals surface area contributed by atoms with Crippen molar-refractivity contribution in [1.82, 2.24) is 4.72 Å². The molecule has 0 aliphatic heterocycles. The van der Waals surface area contributed by atoms with Gasteiger partial charge < -0.3 is 10.1 Å². The molecule has 0 radical (unpaired) electrons. The van der Waals surface area contributed by atoms with Crippen LogP contribution >= 0.6 is 0 Å². The molecule has 0 fully saturated rings. The fraction of sp³-hybridized carbons (Fsp3) is 0.263. The van der Waals surface area contributed by atoms with Crippen molar-refractivity contribution in [3.05, 3.63) is 60.2 Å². The van der Waals surface area contributed by atoms with Crippen LogP contribution in [0.1, 0.15) is 30.6 Å². The molecule has 0 bridgehead atoms. The Morgan fingerprint density at radius 3 is 2.26 bits per heavy atom. The fourth-order valence-corrected chi connectivity index (χ4v) is 3.45. The SMILES string of the molecule is CC[C@@H](C)NS(=O)(=O)c1ccc(C(=O)OCC(=O)Nc2ccccc2)cc1. The second-order valence-electron chi connectivity index (χ2n) is 5.95. The lowest BCUT2D eigenvalue weighted by molar-refractivity contribution is -0.119. The lowest BCUT2D eigenvalue weighted by atomic mass is 10.2. The van der Waals surface area contributed by atoms with Gasteiger partial charge >= 0.3 is 5.97 Å². The van der Waals surface area contributed by atoms with E-state index in [-0.39, 0.29) is 16.5 Å². The molecule has 0 spiro atoms. The van der Waals surface area contributed by atoms with Gasteiger partial charge in [0.05, 0.1) is 10.5 Å². The van der Waals surface area contributed by atoms with E-state index in [2.05, 4.69) is 10.0 Å². The minimum atomic E-state index is -3.64. The quantitative estimate of drug-likeness (QED) is 0.675. The van der Waals surface area contributed by atoms with E-state index in [0.717, 1.165) is 0 Å². The molecule has 0 unspecified atom stereocenters. The zero-order valence-electron chi connectivity index (χ0n) is 15.1. The van der Waals surface area contributed by atoms with Gasteiger partial charge in [0, 0.05) is 11.7 Å². The van der Waals surface area contributed by atoms with Crippen LogP contribution in [0.4, 0.5) is 5.69 Å². The zero-order chi connectivity index (χ0) is 19.9. The maximum atomic E-state index is 12.2. The van der Waals surface area contributed by atoms with Gasteiger partial charge in [0.2, 0.25) is 10.0 Å². The van der Waals surface area contributed by atoms with Gasteiger partial charge in [-0.3, -0.25) is 4.79 Å². The number of esters is 1. The summed E-state index contributed by atoms with van der Waals surface area (Å²) in [5.74, 6) is -1.18. The Balaban J connectivity index is 1.92. The van der Waals surface area contributed by atoms with E-state index in [1.807, 2.05) is 13.0 Å². The molecule has 1 atom stereocenters. The minimum absolute atomic E-state index is 0.0566. The molecule has 2 aromatic rings. The van der Waals surface area contributed by atoms with Crippen molar-refractivity contribution in [2.24, 2.45) is 0 Å². The highest BCUT2D eigenvalue weighted by Gasteiger charge is 2.17. The summed E-state index contributed by atoms with van der Waals surface area (Å²) >= 11 is 0. The summed E-state index contributed by atoms with van der Waals surface area (Å²) in [5, 5.41) is 2.60. The third-order valence-corrected chi connectivity index (χ3v) is 5.37. The summed E-state index contributed by atoms with van der Waals surface area (Å²) in [7, 11) is -3.64. The lowest BCUT2D eigenvalue weighted by Gasteiger charge is -2.12. The highest BCUT2D eigenvalue weighted by molar-refractivity contribution is 7.89. The van der Waals surface area contributed by atoms with E-state index in [4.69, 9.17) is 4.74 Å². The minimum Gasteiger partial charge on any atom is -0.452 e. The third kappa shape index (κ3) is 6.19. The van der Waals surface area contributed by atoms with Gasteiger partial charge in [-0.2, -0.15) is 0 Å². The van der Waals surface area contributed by atoms with Crippen LogP contribution in [-0.4, -0.2) is 32.9 Å². The van der Waals surface area contributed by atoms with E-state index < -0.39 is 28.5 Å². The standard InChI is InChI=1S/C19H22N2O5S/c1-3-14(2)21-27(24,25)17-11-9-15(10-12-17)19(23)26-13-18(22)20-16-7-5-4-6-8-16/h4-12,14,21H,3,13H2,1-2H3,(H,20,22)/t14-/m1/s1. The largest absolute Gasteiger partial charge is 0.452 e. The number of para-hydroxylation sites is 1. The normalized spacial score (nSPS) is 12.2. The summed E-state index contributed by atoms with van der Waals surface area (Å²) < 4.78 is 31.9. The topological polar surface area (TPSA) is 102 Å². The Kier molecular flexibility index (Phi) is 7.09. The van der Waals surface area contributed by atoms with Gasteiger partial charge in [-0.1, -0.05) is 25.1 Å². The van der Waals surface area contributed by atoms with E-state index in [9.17, 15) is 18.0 Å². The van der Waals surface area contributed by atoms with E-state index >= 15 is 0 Å². The van der Waals surface area contributed by atoms with Crippen LogP contribution in [-0.2, 0) is 19.6 Å². The maximum Gasteiger partial charge on any atom is 0.338 e. The smallest absolute Gasteiger partial charge is 0.338 e. The number of carbonyl (C=O) groups is 2. The van der Waals surface area contributed by atoms with Crippen molar-refractivity contribution in [2.45, 2.75) is 31.2 Å². The molecule has 8 heteroatoms. The molecule has 2 rings (SSSR count). The van der Waals surface area contributed by atoms with Crippen molar-refractivity contribution in [1.29, 1.82) is 0 Å². The van der Waals surface area contributed by atoms with Crippen LogP contribution < -0.4 is 10.0 Å². The van der Waals surface area contributed by atoms with Gasteiger partial charge in [-0.25, -0.2) is 17.9 Å². The number of amides is 1. The van der Waals surface area contributed by atoms with Gasteiger partial charge in [-0.05, 0) is 49.7 Å². The molecule has 7 nitrogen and oxygen atoms in total. The Morgan fingerprint density at radius 2 is 1.67 bits per heavy atom. The van der Waals surface area contributed by atoms with Gasteiger partial charge in [-0.15, -0.1) is 0 Å². The summed E-state index contributed by atoms with van der Waals surface area (Å²) in [4.78, 5) is 23.9. The first-order chi connectivity index (χ1) is 12.8. The van der Waals surface area contributed by atoms with Crippen molar-refractivity contribution in [3.63, 3.8) is 0 Å². The predicted molar refractivity (Wildman–Crippen MR) is 102 cm³/mol. The molecule has 144 valence electrons. The molecular formula is C19H22N2O5S. The number of carbonyl (C=O) groups excluding carboxylic acids is 2. The van der Waals surface area contributed by atoms with Crippen LogP contribution in [0.5, 0.6) is 0 Å². The van der Waals surface area contributed by atoms with E-state index in [1.165, 1.54) is 24.3 Å². The number of benzene rings is 2. The Morgan fingerprint density at radius 1 is 1.04 bits per heavy atom. The highest BCUT2D eigenvalue weighted by atomic mass is 32.2. The molecule has 0 heterocycles. The number of sulfonamides is 1. The molecule has 0 aliphatic rings. The van der Waals surface area contributed by atoms with Crippen molar-refractivity contribution >= 4 is 27.6 Å². The Bertz CT molecular complexity index is 880. The molecular weight excluding hydrogens is 368 g/mol. The predicted octanol–water partition coefficient (Wildman–Crippen LogP) is 2.56. The number of ether oxygens (including phenoxy) is 1. The molecule has 0 aromatic heterocycles. The first-order valence-electron chi connectivity index (χ1n) is 8.46. The van der Waals surface area contributed by atoms with Crippen LogP contribution in [0.25, 0.3) is 0 Å². The first-order valence-corrected chi connectivity index (χ1v) is 9.94. The summed E-state index contributed by atoms with van der Waals surface area (Å²) in [6.07, 6.45) is 0.661. The Hall–Kier alpha value is -2.71. The number of rotatable bonds is 8. The molecule has 27 heavy (non-hydrogen) atoms. The summed E-state index contributed by atoms with van der Waals surface area (Å²) in [6.45, 7) is 3.20. The number of anilines is 1. The zero-order valence-corrected chi connectivity index (χ0v) is 16.0. The lowest BCUT2D eigenvalue weighted by Crippen LogP contribution is -2.32. The van der Waals surface area contributed by atoms with Crippen molar-refractivity contribution < 1.29 is 22.7 Å². The average molecular weight is 390 g/mol.